The maximum absolute atomic E-state index is 14.2. The molecule has 6 nitrogen and oxygen atoms in total. The van der Waals surface area contributed by atoms with Gasteiger partial charge < -0.3 is 15.7 Å². The molecule has 2 aliphatic carbocycles. The van der Waals surface area contributed by atoms with Gasteiger partial charge in [-0.2, -0.15) is 28.1 Å². The number of alkyl halides is 5. The van der Waals surface area contributed by atoms with Crippen molar-refractivity contribution in [2.45, 2.75) is 62.9 Å². The number of aromatic nitrogens is 3. The third-order valence-corrected chi connectivity index (χ3v) is 4.29. The van der Waals surface area contributed by atoms with Crippen molar-refractivity contribution < 1.29 is 31.4 Å². The van der Waals surface area contributed by atoms with E-state index in [0.717, 1.165) is 19.8 Å². The van der Waals surface area contributed by atoms with Crippen molar-refractivity contribution in [2.24, 2.45) is 0 Å². The minimum absolute atomic E-state index is 0.0354. The predicted octanol–water partition coefficient (Wildman–Crippen LogP) is 3.28. The molecule has 1 saturated carbocycles. The molecule has 0 saturated heterocycles. The van der Waals surface area contributed by atoms with Gasteiger partial charge in [0, 0.05) is 18.0 Å². The smallest absolute Gasteiger partial charge is 0.380 e. The van der Waals surface area contributed by atoms with Gasteiger partial charge in [-0.25, -0.2) is 13.2 Å². The first kappa shape index (κ1) is 19.6. The van der Waals surface area contributed by atoms with Gasteiger partial charge in [0.1, 0.15) is 11.9 Å². The molecule has 2 unspecified atom stereocenters. The van der Waals surface area contributed by atoms with E-state index < -0.39 is 54.7 Å². The van der Waals surface area contributed by atoms with E-state index in [-0.39, 0.29) is 17.6 Å². The first-order valence-corrected chi connectivity index (χ1v) is 8.28. The van der Waals surface area contributed by atoms with Crippen LogP contribution < -0.4 is 10.6 Å². The SMILES string of the molecule is CC(Nc1nc(NC2CC2)nc(C2=C(F)C(O)C(F)(F)CC2)n1)C(F)(F)F. The summed E-state index contributed by atoms with van der Waals surface area (Å²) in [5.41, 5.74) is -0.377. The summed E-state index contributed by atoms with van der Waals surface area (Å²) in [6.07, 6.45) is -6.92. The molecule has 0 radical (unpaired) electrons. The number of rotatable bonds is 5. The summed E-state index contributed by atoms with van der Waals surface area (Å²) in [6.45, 7) is 0.849. The number of allylic oxidation sites excluding steroid dienone is 1. The van der Waals surface area contributed by atoms with Crippen molar-refractivity contribution in [3.05, 3.63) is 11.7 Å². The number of aliphatic hydroxyl groups excluding tert-OH is 1. The van der Waals surface area contributed by atoms with Crippen LogP contribution in [-0.2, 0) is 0 Å². The molecule has 0 bridgehead atoms. The Balaban J connectivity index is 1.96. The van der Waals surface area contributed by atoms with Crippen LogP contribution in [0.2, 0.25) is 0 Å². The first-order valence-electron chi connectivity index (χ1n) is 8.28. The van der Waals surface area contributed by atoms with Gasteiger partial charge in [-0.05, 0) is 26.2 Å². The molecule has 1 aromatic heterocycles. The number of anilines is 2. The zero-order valence-corrected chi connectivity index (χ0v) is 14.1. The van der Waals surface area contributed by atoms with Crippen molar-refractivity contribution in [1.82, 2.24) is 15.0 Å². The Kier molecular flexibility index (Phi) is 4.95. The van der Waals surface area contributed by atoms with Crippen LogP contribution in [0.15, 0.2) is 5.83 Å². The van der Waals surface area contributed by atoms with Crippen LogP contribution in [0.1, 0.15) is 38.4 Å². The lowest BCUT2D eigenvalue weighted by Gasteiger charge is -2.27. The average molecular weight is 397 g/mol. The standard InChI is InChI=1S/C15H17F6N5O/c1-6(15(19,20)21)22-12-24-11(25-13(26-12)23-7-2-3-7)8-4-5-14(17,18)10(27)9(8)16/h6-7,10,27H,2-5H2,1H3,(H2,22,23,24,25,26). The second-order valence-electron chi connectivity index (χ2n) is 6.62. The highest BCUT2D eigenvalue weighted by Crippen LogP contribution is 2.41. The molecule has 0 amide bonds. The topological polar surface area (TPSA) is 83.0 Å². The highest BCUT2D eigenvalue weighted by atomic mass is 19.4. The summed E-state index contributed by atoms with van der Waals surface area (Å²) >= 11 is 0. The van der Waals surface area contributed by atoms with Crippen LogP contribution in [0.5, 0.6) is 0 Å². The molecule has 1 heterocycles. The number of nitrogens with zero attached hydrogens (tertiary/aromatic N) is 3. The van der Waals surface area contributed by atoms with E-state index in [0.29, 0.717) is 0 Å². The normalized spacial score (nSPS) is 23.9. The second kappa shape index (κ2) is 6.80. The minimum Gasteiger partial charge on any atom is -0.380 e. The van der Waals surface area contributed by atoms with Crippen LogP contribution >= 0.6 is 0 Å². The molecule has 0 aromatic carbocycles. The number of hydrogen-bond donors (Lipinski definition) is 3. The van der Waals surface area contributed by atoms with Gasteiger partial charge in [-0.1, -0.05) is 0 Å². The molecule has 27 heavy (non-hydrogen) atoms. The third-order valence-electron chi connectivity index (χ3n) is 4.29. The summed E-state index contributed by atoms with van der Waals surface area (Å²) in [7, 11) is 0. The Hall–Kier alpha value is -2.11. The highest BCUT2D eigenvalue weighted by molar-refractivity contribution is 5.66. The third kappa shape index (κ3) is 4.42. The summed E-state index contributed by atoms with van der Waals surface area (Å²) in [4.78, 5) is 11.5. The Labute approximate surface area is 150 Å². The molecule has 12 heteroatoms. The van der Waals surface area contributed by atoms with E-state index in [1.165, 1.54) is 0 Å². The summed E-state index contributed by atoms with van der Waals surface area (Å²) in [5, 5.41) is 14.4. The molecule has 2 aliphatic rings. The van der Waals surface area contributed by atoms with Gasteiger partial charge in [-0.3, -0.25) is 0 Å². The Morgan fingerprint density at radius 2 is 1.78 bits per heavy atom. The van der Waals surface area contributed by atoms with Gasteiger partial charge in [0.25, 0.3) is 5.92 Å². The quantitative estimate of drug-likeness (QED) is 0.662. The van der Waals surface area contributed by atoms with Crippen molar-refractivity contribution in [3.63, 3.8) is 0 Å². The van der Waals surface area contributed by atoms with E-state index in [4.69, 9.17) is 0 Å². The molecule has 150 valence electrons. The maximum Gasteiger partial charge on any atom is 0.408 e. The number of aliphatic hydroxyl groups is 1. The predicted molar refractivity (Wildman–Crippen MR) is 83.8 cm³/mol. The first-order chi connectivity index (χ1) is 12.5. The van der Waals surface area contributed by atoms with Crippen LogP contribution in [0.4, 0.5) is 38.2 Å². The lowest BCUT2D eigenvalue weighted by Crippen LogP contribution is -2.37. The molecule has 1 aromatic rings. The zero-order chi connectivity index (χ0) is 20.0. The van der Waals surface area contributed by atoms with Crippen LogP contribution in [-0.4, -0.2) is 50.3 Å². The van der Waals surface area contributed by atoms with Crippen molar-refractivity contribution in [1.29, 1.82) is 0 Å². The van der Waals surface area contributed by atoms with Gasteiger partial charge in [0.05, 0.1) is 0 Å². The fourth-order valence-corrected chi connectivity index (χ4v) is 2.44. The summed E-state index contributed by atoms with van der Waals surface area (Å²) < 4.78 is 79.5. The van der Waals surface area contributed by atoms with Gasteiger partial charge in [-0.15, -0.1) is 0 Å². The van der Waals surface area contributed by atoms with E-state index in [2.05, 4.69) is 25.6 Å². The number of halogens is 6. The largest absolute Gasteiger partial charge is 0.408 e. The van der Waals surface area contributed by atoms with Crippen LogP contribution in [0.3, 0.4) is 0 Å². The van der Waals surface area contributed by atoms with Crippen LogP contribution in [0, 0.1) is 0 Å². The molecule has 2 atom stereocenters. The average Bonchev–Trinajstić information content (AvgIpc) is 3.35. The van der Waals surface area contributed by atoms with Gasteiger partial charge in [0.2, 0.25) is 11.9 Å². The summed E-state index contributed by atoms with van der Waals surface area (Å²) in [6, 6.07) is -1.96. The lowest BCUT2D eigenvalue weighted by atomic mass is 9.92. The molecule has 0 aliphatic heterocycles. The number of hydrogen-bond acceptors (Lipinski definition) is 6. The summed E-state index contributed by atoms with van der Waals surface area (Å²) in [5.74, 6) is -6.09. The number of nitrogens with one attached hydrogen (secondary N) is 2. The van der Waals surface area contributed by atoms with Crippen molar-refractivity contribution in [3.8, 4) is 0 Å². The highest BCUT2D eigenvalue weighted by Gasteiger charge is 2.46. The van der Waals surface area contributed by atoms with Gasteiger partial charge in [0.15, 0.2) is 11.9 Å². The molecule has 0 spiro atoms. The molecule has 3 rings (SSSR count). The molecular weight excluding hydrogens is 380 g/mol. The minimum atomic E-state index is -4.58. The Bertz CT molecular complexity index is 749. The van der Waals surface area contributed by atoms with Gasteiger partial charge >= 0.3 is 6.18 Å². The molecule has 1 fully saturated rings. The lowest BCUT2D eigenvalue weighted by molar-refractivity contribution is -0.138. The molecular formula is C15H17F6N5O. The van der Waals surface area contributed by atoms with E-state index >= 15 is 0 Å². The zero-order valence-electron chi connectivity index (χ0n) is 14.1. The maximum atomic E-state index is 14.2. The fourth-order valence-electron chi connectivity index (χ4n) is 2.44. The second-order valence-corrected chi connectivity index (χ2v) is 6.62. The Morgan fingerprint density at radius 3 is 2.37 bits per heavy atom. The van der Waals surface area contributed by atoms with Crippen LogP contribution in [0.25, 0.3) is 5.57 Å². The van der Waals surface area contributed by atoms with E-state index in [1.807, 2.05) is 0 Å². The van der Waals surface area contributed by atoms with E-state index in [9.17, 15) is 31.4 Å². The Morgan fingerprint density at radius 1 is 1.15 bits per heavy atom. The van der Waals surface area contributed by atoms with Crippen molar-refractivity contribution >= 4 is 17.5 Å². The van der Waals surface area contributed by atoms with E-state index in [1.54, 1.807) is 0 Å². The van der Waals surface area contributed by atoms with Crippen molar-refractivity contribution in [2.75, 3.05) is 10.6 Å². The molecule has 3 N–H and O–H groups in total. The fraction of sp³-hybridized carbons (Fsp3) is 0.667. The monoisotopic (exact) mass is 397 g/mol.